The number of rotatable bonds is 4. The van der Waals surface area contributed by atoms with E-state index >= 15 is 0 Å². The smallest absolute Gasteiger partial charge is 0.324 e. The summed E-state index contributed by atoms with van der Waals surface area (Å²) in [5.74, 6) is -0.608. The third kappa shape index (κ3) is 3.67. The van der Waals surface area contributed by atoms with Crippen molar-refractivity contribution >= 4 is 39.2 Å². The largest absolute Gasteiger partial charge is 0.468 e. The molecule has 1 aromatic rings. The van der Waals surface area contributed by atoms with E-state index in [0.717, 1.165) is 0 Å². The molecule has 0 N–H and O–H groups in total. The van der Waals surface area contributed by atoms with Crippen LogP contribution in [0.1, 0.15) is 5.56 Å². The molecule has 1 unspecified atom stereocenters. The van der Waals surface area contributed by atoms with E-state index in [2.05, 4.69) is 20.7 Å². The number of carbonyl (C=O) groups is 1. The third-order valence-corrected chi connectivity index (χ3v) is 2.93. The van der Waals surface area contributed by atoms with Gasteiger partial charge in [-0.3, -0.25) is 14.9 Å². The second kappa shape index (κ2) is 5.97. The van der Waals surface area contributed by atoms with Gasteiger partial charge in [0.05, 0.1) is 12.0 Å². The van der Waals surface area contributed by atoms with Gasteiger partial charge in [0.25, 0.3) is 5.69 Å². The summed E-state index contributed by atoms with van der Waals surface area (Å²) in [5, 5.41) is 9.89. The van der Waals surface area contributed by atoms with E-state index in [1.165, 1.54) is 13.2 Å². The summed E-state index contributed by atoms with van der Waals surface area (Å²) in [4.78, 5) is 21.4. The van der Waals surface area contributed by atoms with Gasteiger partial charge in [-0.05, 0) is 6.07 Å². The van der Waals surface area contributed by atoms with Gasteiger partial charge in [-0.25, -0.2) is 0 Å². The number of benzene rings is 1. The predicted octanol–water partition coefficient (Wildman–Crippen LogP) is 2.68. The van der Waals surface area contributed by atoms with Gasteiger partial charge in [-0.15, -0.1) is 11.6 Å². The summed E-state index contributed by atoms with van der Waals surface area (Å²) in [6, 6.07) is 4.58. The molecular formula is C10H9BrClNO4. The van der Waals surface area contributed by atoms with E-state index in [0.29, 0.717) is 10.0 Å². The fourth-order valence-electron chi connectivity index (χ4n) is 1.28. The Morgan fingerprint density at radius 2 is 2.29 bits per heavy atom. The van der Waals surface area contributed by atoms with Crippen molar-refractivity contribution in [2.45, 2.75) is 11.8 Å². The molecule has 1 atom stereocenters. The van der Waals surface area contributed by atoms with Gasteiger partial charge in [-0.1, -0.05) is 22.0 Å². The summed E-state index contributed by atoms with van der Waals surface area (Å²) in [7, 11) is 1.22. The van der Waals surface area contributed by atoms with Crippen molar-refractivity contribution in [3.8, 4) is 0 Å². The zero-order chi connectivity index (χ0) is 13.0. The number of nitrogens with zero attached hydrogens (tertiary/aromatic N) is 1. The molecule has 0 aliphatic carbocycles. The summed E-state index contributed by atoms with van der Waals surface area (Å²) >= 11 is 8.92. The second-order valence-corrected chi connectivity index (χ2v) is 4.67. The lowest BCUT2D eigenvalue weighted by Gasteiger charge is -2.07. The van der Waals surface area contributed by atoms with E-state index in [1.807, 2.05) is 0 Å². The Balaban J connectivity index is 2.98. The third-order valence-electron chi connectivity index (χ3n) is 2.10. The molecule has 1 aromatic carbocycles. The van der Waals surface area contributed by atoms with Crippen LogP contribution in [0.25, 0.3) is 0 Å². The maximum atomic E-state index is 11.1. The number of alkyl halides is 1. The SMILES string of the molecule is COC(=O)C(Cl)Cc1ccc(Br)cc1[N+](=O)[O-]. The zero-order valence-corrected chi connectivity index (χ0v) is 11.2. The van der Waals surface area contributed by atoms with E-state index < -0.39 is 16.3 Å². The van der Waals surface area contributed by atoms with Crippen molar-refractivity contribution < 1.29 is 14.5 Å². The summed E-state index contributed by atoms with van der Waals surface area (Å²) < 4.78 is 5.05. The molecule has 7 heteroatoms. The van der Waals surface area contributed by atoms with Crippen LogP contribution in [0.2, 0.25) is 0 Å². The number of ether oxygens (including phenoxy) is 1. The lowest BCUT2D eigenvalue weighted by atomic mass is 10.1. The molecule has 0 aliphatic rings. The number of esters is 1. The molecule has 0 aromatic heterocycles. The van der Waals surface area contributed by atoms with Crippen molar-refractivity contribution in [2.24, 2.45) is 0 Å². The number of carbonyl (C=O) groups excluding carboxylic acids is 1. The van der Waals surface area contributed by atoms with Crippen LogP contribution in [0, 0.1) is 10.1 Å². The van der Waals surface area contributed by atoms with E-state index in [1.54, 1.807) is 12.1 Å². The summed E-state index contributed by atoms with van der Waals surface area (Å²) in [6.45, 7) is 0. The minimum atomic E-state index is -0.931. The standard InChI is InChI=1S/C10H9BrClNO4/c1-17-10(14)8(12)4-6-2-3-7(11)5-9(6)13(15)16/h2-3,5,8H,4H2,1H3. The molecule has 0 bridgehead atoms. The van der Waals surface area contributed by atoms with Crippen LogP contribution in [0.5, 0.6) is 0 Å². The Morgan fingerprint density at radius 3 is 2.82 bits per heavy atom. The molecule has 0 heterocycles. The summed E-state index contributed by atoms with van der Waals surface area (Å²) in [5.41, 5.74) is 0.317. The van der Waals surface area contributed by atoms with Crippen LogP contribution in [-0.2, 0) is 16.0 Å². The molecule has 0 spiro atoms. The first-order chi connectivity index (χ1) is 7.95. The van der Waals surface area contributed by atoms with Crippen molar-refractivity contribution in [2.75, 3.05) is 7.11 Å². The van der Waals surface area contributed by atoms with E-state index in [4.69, 9.17) is 11.6 Å². The van der Waals surface area contributed by atoms with Crippen LogP contribution in [0.3, 0.4) is 0 Å². The van der Waals surface area contributed by atoms with Gasteiger partial charge in [0.2, 0.25) is 0 Å². The monoisotopic (exact) mass is 321 g/mol. The fourth-order valence-corrected chi connectivity index (χ4v) is 1.89. The molecule has 0 aliphatic heterocycles. The molecule has 0 fully saturated rings. The minimum absolute atomic E-state index is 0.0534. The van der Waals surface area contributed by atoms with Gasteiger partial charge < -0.3 is 4.74 Å². The number of halogens is 2. The topological polar surface area (TPSA) is 69.4 Å². The highest BCUT2D eigenvalue weighted by Gasteiger charge is 2.22. The first-order valence-electron chi connectivity index (χ1n) is 4.60. The Kier molecular flexibility index (Phi) is 4.89. The predicted molar refractivity (Wildman–Crippen MR) is 66.2 cm³/mol. The molecule has 0 saturated carbocycles. The molecular weight excluding hydrogens is 313 g/mol. The van der Waals surface area contributed by atoms with Gasteiger partial charge in [0.15, 0.2) is 0 Å². The highest BCUT2D eigenvalue weighted by Crippen LogP contribution is 2.25. The number of hydrogen-bond acceptors (Lipinski definition) is 4. The average molecular weight is 323 g/mol. The number of methoxy groups -OCH3 is 1. The van der Waals surface area contributed by atoms with Crippen molar-refractivity contribution in [3.05, 3.63) is 38.3 Å². The molecule has 0 saturated heterocycles. The highest BCUT2D eigenvalue weighted by atomic mass is 79.9. The van der Waals surface area contributed by atoms with Crippen molar-refractivity contribution in [1.82, 2.24) is 0 Å². The Labute approximate surface area is 111 Å². The average Bonchev–Trinajstić information content (AvgIpc) is 2.29. The first-order valence-corrected chi connectivity index (χ1v) is 5.83. The fraction of sp³-hybridized carbons (Fsp3) is 0.300. The molecule has 92 valence electrons. The molecule has 0 radical (unpaired) electrons. The van der Waals surface area contributed by atoms with Crippen LogP contribution in [0.4, 0.5) is 5.69 Å². The van der Waals surface area contributed by atoms with Crippen LogP contribution < -0.4 is 0 Å². The number of hydrogen-bond donors (Lipinski definition) is 0. The number of nitro groups is 1. The molecule has 5 nitrogen and oxygen atoms in total. The molecule has 0 amide bonds. The maximum Gasteiger partial charge on any atom is 0.324 e. The Hall–Kier alpha value is -1.14. The first kappa shape index (κ1) is 13.9. The van der Waals surface area contributed by atoms with Gasteiger partial charge in [-0.2, -0.15) is 0 Å². The Morgan fingerprint density at radius 1 is 1.65 bits per heavy atom. The normalized spacial score (nSPS) is 11.9. The maximum absolute atomic E-state index is 11.1. The van der Waals surface area contributed by atoms with Crippen molar-refractivity contribution in [1.29, 1.82) is 0 Å². The van der Waals surface area contributed by atoms with E-state index in [-0.39, 0.29) is 12.1 Å². The lowest BCUT2D eigenvalue weighted by molar-refractivity contribution is -0.385. The lowest BCUT2D eigenvalue weighted by Crippen LogP contribution is -2.19. The zero-order valence-electron chi connectivity index (χ0n) is 8.85. The van der Waals surface area contributed by atoms with Crippen molar-refractivity contribution in [3.63, 3.8) is 0 Å². The van der Waals surface area contributed by atoms with Gasteiger partial charge in [0.1, 0.15) is 5.38 Å². The van der Waals surface area contributed by atoms with Gasteiger partial charge in [0, 0.05) is 22.5 Å². The van der Waals surface area contributed by atoms with Crippen LogP contribution >= 0.6 is 27.5 Å². The van der Waals surface area contributed by atoms with Crippen LogP contribution in [0.15, 0.2) is 22.7 Å². The highest BCUT2D eigenvalue weighted by molar-refractivity contribution is 9.10. The molecule has 1 rings (SSSR count). The van der Waals surface area contributed by atoms with E-state index in [9.17, 15) is 14.9 Å². The van der Waals surface area contributed by atoms with Crippen LogP contribution in [-0.4, -0.2) is 23.4 Å². The number of nitro benzene ring substituents is 1. The molecule has 17 heavy (non-hydrogen) atoms. The Bertz CT molecular complexity index is 452. The minimum Gasteiger partial charge on any atom is -0.468 e. The quantitative estimate of drug-likeness (QED) is 0.370. The van der Waals surface area contributed by atoms with Gasteiger partial charge >= 0.3 is 5.97 Å². The second-order valence-electron chi connectivity index (χ2n) is 3.22. The summed E-state index contributed by atoms with van der Waals surface area (Å²) in [6.07, 6.45) is 0.0534.